The topological polar surface area (TPSA) is 61.4 Å². The van der Waals surface area contributed by atoms with Crippen LogP contribution in [0.3, 0.4) is 0 Å². The second-order valence-corrected chi connectivity index (χ2v) is 7.07. The van der Waals surface area contributed by atoms with Crippen molar-refractivity contribution in [1.82, 2.24) is 10.2 Å². The molecule has 2 N–H and O–H groups in total. The largest absolute Gasteiger partial charge is 0.336 e. The van der Waals surface area contributed by atoms with Gasteiger partial charge in [0, 0.05) is 29.2 Å². The van der Waals surface area contributed by atoms with Gasteiger partial charge in [-0.15, -0.1) is 0 Å². The van der Waals surface area contributed by atoms with Crippen LogP contribution in [0.25, 0.3) is 0 Å². The summed E-state index contributed by atoms with van der Waals surface area (Å²) in [6, 6.07) is 4.80. The number of amides is 3. The van der Waals surface area contributed by atoms with E-state index >= 15 is 0 Å². The van der Waals surface area contributed by atoms with E-state index in [2.05, 4.69) is 10.6 Å². The number of hydrogen-bond acceptors (Lipinski definition) is 2. The van der Waals surface area contributed by atoms with E-state index in [0.29, 0.717) is 23.7 Å². The molecule has 1 saturated heterocycles. The number of rotatable bonds is 2. The van der Waals surface area contributed by atoms with Crippen molar-refractivity contribution in [3.05, 3.63) is 28.8 Å². The van der Waals surface area contributed by atoms with E-state index in [0.717, 1.165) is 5.56 Å². The summed E-state index contributed by atoms with van der Waals surface area (Å²) in [5, 5.41) is 6.28. The summed E-state index contributed by atoms with van der Waals surface area (Å²) in [4.78, 5) is 25.9. The quantitative estimate of drug-likeness (QED) is 0.878. The molecule has 120 valence electrons. The van der Waals surface area contributed by atoms with Gasteiger partial charge in [0.05, 0.1) is 6.04 Å². The van der Waals surface area contributed by atoms with E-state index in [-0.39, 0.29) is 23.5 Å². The van der Waals surface area contributed by atoms with Crippen LogP contribution in [0.4, 0.5) is 10.5 Å². The third-order valence-electron chi connectivity index (χ3n) is 3.71. The summed E-state index contributed by atoms with van der Waals surface area (Å²) < 4.78 is 0. The van der Waals surface area contributed by atoms with Crippen molar-refractivity contribution in [3.63, 3.8) is 0 Å². The number of carbonyl (C=O) groups is 2. The number of nitrogens with zero attached hydrogens (tertiary/aromatic N) is 1. The van der Waals surface area contributed by atoms with Gasteiger partial charge in [-0.2, -0.15) is 0 Å². The van der Waals surface area contributed by atoms with Crippen LogP contribution in [-0.2, 0) is 4.79 Å². The van der Waals surface area contributed by atoms with E-state index in [4.69, 9.17) is 11.6 Å². The van der Waals surface area contributed by atoms with Gasteiger partial charge >= 0.3 is 6.03 Å². The first-order valence-corrected chi connectivity index (χ1v) is 7.69. The molecule has 3 amide bonds. The SMILES string of the molecule is Cc1cc(Cl)ccc1NC(=O)NC1CC(=O)N(C(C)(C)C)C1. The maximum absolute atomic E-state index is 12.1. The monoisotopic (exact) mass is 323 g/mol. The minimum absolute atomic E-state index is 0.0699. The van der Waals surface area contributed by atoms with Gasteiger partial charge in [-0.3, -0.25) is 4.79 Å². The average Bonchev–Trinajstić information content (AvgIpc) is 2.73. The Labute approximate surface area is 136 Å². The molecule has 1 unspecified atom stereocenters. The number of aryl methyl sites for hydroxylation is 1. The number of urea groups is 1. The van der Waals surface area contributed by atoms with Crippen molar-refractivity contribution >= 4 is 29.2 Å². The Morgan fingerprint density at radius 2 is 2.05 bits per heavy atom. The molecule has 0 spiro atoms. The number of nitrogens with one attached hydrogen (secondary N) is 2. The smallest absolute Gasteiger partial charge is 0.319 e. The van der Waals surface area contributed by atoms with Crippen molar-refractivity contribution in [3.8, 4) is 0 Å². The number of benzene rings is 1. The fraction of sp³-hybridized carbons (Fsp3) is 0.500. The summed E-state index contributed by atoms with van der Waals surface area (Å²) >= 11 is 5.89. The minimum atomic E-state index is -0.306. The molecule has 1 heterocycles. The highest BCUT2D eigenvalue weighted by Crippen LogP contribution is 2.22. The number of carbonyl (C=O) groups excluding carboxylic acids is 2. The molecule has 1 aromatic rings. The Morgan fingerprint density at radius 1 is 1.36 bits per heavy atom. The second-order valence-electron chi connectivity index (χ2n) is 6.63. The highest BCUT2D eigenvalue weighted by Gasteiger charge is 2.36. The maximum Gasteiger partial charge on any atom is 0.319 e. The Morgan fingerprint density at radius 3 is 2.59 bits per heavy atom. The Balaban J connectivity index is 1.94. The van der Waals surface area contributed by atoms with Crippen LogP contribution in [0.15, 0.2) is 18.2 Å². The lowest BCUT2D eigenvalue weighted by atomic mass is 10.1. The zero-order valence-corrected chi connectivity index (χ0v) is 14.1. The lowest BCUT2D eigenvalue weighted by Crippen LogP contribution is -2.45. The summed E-state index contributed by atoms with van der Waals surface area (Å²) in [5.41, 5.74) is 1.37. The number of likely N-dealkylation sites (tertiary alicyclic amines) is 1. The zero-order valence-electron chi connectivity index (χ0n) is 13.4. The van der Waals surface area contributed by atoms with Gasteiger partial charge in [0.2, 0.25) is 5.91 Å². The Hall–Kier alpha value is -1.75. The number of anilines is 1. The molecule has 6 heteroatoms. The average molecular weight is 324 g/mol. The van der Waals surface area contributed by atoms with Gasteiger partial charge in [0.1, 0.15) is 0 Å². The van der Waals surface area contributed by atoms with E-state index in [1.807, 2.05) is 27.7 Å². The van der Waals surface area contributed by atoms with Gasteiger partial charge in [-0.05, 0) is 51.5 Å². The van der Waals surface area contributed by atoms with Crippen LogP contribution in [0.2, 0.25) is 5.02 Å². The first-order chi connectivity index (χ1) is 10.2. The molecule has 0 saturated carbocycles. The molecule has 1 aliphatic rings. The molecule has 1 aliphatic heterocycles. The van der Waals surface area contributed by atoms with Crippen LogP contribution in [-0.4, -0.2) is 35.0 Å². The highest BCUT2D eigenvalue weighted by molar-refractivity contribution is 6.30. The molecular formula is C16H22ClN3O2. The van der Waals surface area contributed by atoms with Gasteiger partial charge < -0.3 is 15.5 Å². The predicted molar refractivity (Wildman–Crippen MR) is 88.2 cm³/mol. The standard InChI is InChI=1S/C16H22ClN3O2/c1-10-7-11(17)5-6-13(10)19-15(22)18-12-8-14(21)20(9-12)16(2,3)4/h5-7,12H,8-9H2,1-4H3,(H2,18,19,22). The minimum Gasteiger partial charge on any atom is -0.336 e. The summed E-state index contributed by atoms with van der Waals surface area (Å²) in [6.07, 6.45) is 0.338. The Bertz CT molecular complexity index is 596. The third-order valence-corrected chi connectivity index (χ3v) is 3.94. The van der Waals surface area contributed by atoms with Crippen molar-refractivity contribution in [1.29, 1.82) is 0 Å². The molecule has 0 aliphatic carbocycles. The Kier molecular flexibility index (Phi) is 4.66. The fourth-order valence-corrected chi connectivity index (χ4v) is 2.79. The van der Waals surface area contributed by atoms with Crippen LogP contribution < -0.4 is 10.6 Å². The molecule has 5 nitrogen and oxygen atoms in total. The van der Waals surface area contributed by atoms with E-state index < -0.39 is 0 Å². The lowest BCUT2D eigenvalue weighted by molar-refractivity contribution is -0.131. The van der Waals surface area contributed by atoms with E-state index in [9.17, 15) is 9.59 Å². The first kappa shape index (κ1) is 16.6. The van der Waals surface area contributed by atoms with Crippen LogP contribution in [0.1, 0.15) is 32.8 Å². The molecule has 0 radical (unpaired) electrons. The van der Waals surface area contributed by atoms with Gasteiger partial charge in [-0.25, -0.2) is 4.79 Å². The lowest BCUT2D eigenvalue weighted by Gasteiger charge is -2.32. The van der Waals surface area contributed by atoms with Crippen molar-refractivity contribution in [2.45, 2.75) is 45.7 Å². The van der Waals surface area contributed by atoms with Crippen LogP contribution in [0.5, 0.6) is 0 Å². The maximum atomic E-state index is 12.1. The summed E-state index contributed by atoms with van der Waals surface area (Å²) in [7, 11) is 0. The predicted octanol–water partition coefficient (Wildman–Crippen LogP) is 3.17. The number of halogens is 1. The van der Waals surface area contributed by atoms with Crippen LogP contribution in [0, 0.1) is 6.92 Å². The van der Waals surface area contributed by atoms with Crippen molar-refractivity contribution < 1.29 is 9.59 Å². The molecule has 1 fully saturated rings. The molecule has 2 rings (SSSR count). The van der Waals surface area contributed by atoms with Gasteiger partial charge in [0.15, 0.2) is 0 Å². The molecular weight excluding hydrogens is 302 g/mol. The molecule has 1 aromatic carbocycles. The van der Waals surface area contributed by atoms with E-state index in [1.165, 1.54) is 0 Å². The zero-order chi connectivity index (χ0) is 16.5. The van der Waals surface area contributed by atoms with Gasteiger partial charge in [-0.1, -0.05) is 11.6 Å². The summed E-state index contributed by atoms with van der Waals surface area (Å²) in [5.74, 6) is 0.0699. The fourth-order valence-electron chi connectivity index (χ4n) is 2.56. The molecule has 0 aromatic heterocycles. The number of hydrogen-bond donors (Lipinski definition) is 2. The third kappa shape index (κ3) is 3.91. The molecule has 22 heavy (non-hydrogen) atoms. The molecule has 0 bridgehead atoms. The van der Waals surface area contributed by atoms with Crippen molar-refractivity contribution in [2.24, 2.45) is 0 Å². The summed E-state index contributed by atoms with van der Waals surface area (Å²) in [6.45, 7) is 8.39. The second kappa shape index (κ2) is 6.16. The molecule has 1 atom stereocenters. The highest BCUT2D eigenvalue weighted by atomic mass is 35.5. The van der Waals surface area contributed by atoms with Crippen molar-refractivity contribution in [2.75, 3.05) is 11.9 Å². The first-order valence-electron chi connectivity index (χ1n) is 7.31. The van der Waals surface area contributed by atoms with E-state index in [1.54, 1.807) is 23.1 Å². The normalized spacial score (nSPS) is 18.5. The van der Waals surface area contributed by atoms with Gasteiger partial charge in [0.25, 0.3) is 0 Å². The van der Waals surface area contributed by atoms with Crippen LogP contribution >= 0.6 is 11.6 Å².